The number of fused-ring (bicyclic) bond motifs is 1. The molecule has 6 heteroatoms. The zero-order valence-corrected chi connectivity index (χ0v) is 15.5. The van der Waals surface area contributed by atoms with Gasteiger partial charge in [-0.3, -0.25) is 9.69 Å². The molecule has 0 aliphatic carbocycles. The fraction of sp³-hybridized carbons (Fsp3) is 0.190. The topological polar surface area (TPSA) is 55.7 Å². The summed E-state index contributed by atoms with van der Waals surface area (Å²) < 4.78 is 12.9. The summed E-state index contributed by atoms with van der Waals surface area (Å²) in [6, 6.07) is 17.0. The number of nitrogens with one attached hydrogen (secondary N) is 1. The SMILES string of the molecule is COc1ccc(N2C(=O)c3ccccc3N[C@@H]2c2cccn2C)c(OC)c1. The van der Waals surface area contributed by atoms with Gasteiger partial charge in [-0.15, -0.1) is 0 Å². The van der Waals surface area contributed by atoms with Gasteiger partial charge in [0.2, 0.25) is 0 Å². The van der Waals surface area contributed by atoms with E-state index in [0.29, 0.717) is 22.7 Å². The van der Waals surface area contributed by atoms with Crippen LogP contribution in [0.1, 0.15) is 22.2 Å². The van der Waals surface area contributed by atoms with Crippen molar-refractivity contribution in [1.29, 1.82) is 0 Å². The van der Waals surface area contributed by atoms with Crippen LogP contribution in [0.2, 0.25) is 0 Å². The van der Waals surface area contributed by atoms with Crippen LogP contribution < -0.4 is 19.7 Å². The van der Waals surface area contributed by atoms with E-state index in [-0.39, 0.29) is 12.1 Å². The number of carbonyl (C=O) groups is 1. The lowest BCUT2D eigenvalue weighted by Gasteiger charge is -2.38. The highest BCUT2D eigenvalue weighted by Crippen LogP contribution is 2.41. The largest absolute Gasteiger partial charge is 0.497 e. The fourth-order valence-electron chi connectivity index (χ4n) is 3.45. The van der Waals surface area contributed by atoms with Crippen LogP contribution in [0.4, 0.5) is 11.4 Å². The molecule has 27 heavy (non-hydrogen) atoms. The molecule has 0 bridgehead atoms. The average Bonchev–Trinajstić information content (AvgIpc) is 3.13. The summed E-state index contributed by atoms with van der Waals surface area (Å²) in [5.74, 6) is 1.16. The number of hydrogen-bond donors (Lipinski definition) is 1. The van der Waals surface area contributed by atoms with E-state index in [1.165, 1.54) is 0 Å². The van der Waals surface area contributed by atoms with Gasteiger partial charge in [0.25, 0.3) is 5.91 Å². The van der Waals surface area contributed by atoms with Gasteiger partial charge in [0.15, 0.2) is 0 Å². The highest BCUT2D eigenvalue weighted by molar-refractivity contribution is 6.12. The number of amides is 1. The summed E-state index contributed by atoms with van der Waals surface area (Å²) in [4.78, 5) is 15.2. The van der Waals surface area contributed by atoms with E-state index >= 15 is 0 Å². The zero-order valence-electron chi connectivity index (χ0n) is 15.5. The summed E-state index contributed by atoms with van der Waals surface area (Å²) >= 11 is 0. The molecule has 0 unspecified atom stereocenters. The van der Waals surface area contributed by atoms with Gasteiger partial charge in [-0.25, -0.2) is 0 Å². The van der Waals surface area contributed by atoms with Crippen LogP contribution in [0.5, 0.6) is 11.5 Å². The molecule has 6 nitrogen and oxygen atoms in total. The number of methoxy groups -OCH3 is 2. The Morgan fingerprint density at radius 3 is 2.52 bits per heavy atom. The highest BCUT2D eigenvalue weighted by Gasteiger charge is 2.36. The summed E-state index contributed by atoms with van der Waals surface area (Å²) in [6.07, 6.45) is 1.60. The monoisotopic (exact) mass is 363 g/mol. The molecule has 1 aromatic heterocycles. The van der Waals surface area contributed by atoms with Gasteiger partial charge in [0.1, 0.15) is 17.7 Å². The first kappa shape index (κ1) is 17.0. The molecule has 2 heterocycles. The molecule has 1 atom stereocenters. The minimum absolute atomic E-state index is 0.0842. The maximum Gasteiger partial charge on any atom is 0.262 e. The molecule has 138 valence electrons. The van der Waals surface area contributed by atoms with Crippen molar-refractivity contribution in [3.8, 4) is 11.5 Å². The van der Waals surface area contributed by atoms with Gasteiger partial charge in [-0.1, -0.05) is 12.1 Å². The van der Waals surface area contributed by atoms with E-state index < -0.39 is 0 Å². The first-order valence-electron chi connectivity index (χ1n) is 8.66. The second kappa shape index (κ2) is 6.72. The van der Waals surface area contributed by atoms with Gasteiger partial charge in [0.05, 0.1) is 31.2 Å². The van der Waals surface area contributed by atoms with Crippen LogP contribution >= 0.6 is 0 Å². The average molecular weight is 363 g/mol. The Morgan fingerprint density at radius 1 is 1.00 bits per heavy atom. The number of nitrogens with zero attached hydrogens (tertiary/aromatic N) is 2. The summed E-state index contributed by atoms with van der Waals surface area (Å²) in [6.45, 7) is 0. The number of carbonyl (C=O) groups excluding carboxylic acids is 1. The molecule has 1 amide bonds. The Labute approximate surface area is 157 Å². The van der Waals surface area contributed by atoms with Gasteiger partial charge in [0, 0.05) is 25.0 Å². The molecule has 1 aliphatic heterocycles. The first-order chi connectivity index (χ1) is 13.1. The number of aromatic nitrogens is 1. The Morgan fingerprint density at radius 2 is 1.81 bits per heavy atom. The quantitative estimate of drug-likeness (QED) is 0.766. The number of hydrogen-bond acceptors (Lipinski definition) is 4. The van der Waals surface area contributed by atoms with Crippen LogP contribution in [-0.2, 0) is 7.05 Å². The lowest BCUT2D eigenvalue weighted by Crippen LogP contribution is -2.44. The predicted molar refractivity (Wildman–Crippen MR) is 105 cm³/mol. The Kier molecular flexibility index (Phi) is 4.24. The molecule has 1 N–H and O–H groups in total. The van der Waals surface area contributed by atoms with E-state index in [1.54, 1.807) is 25.2 Å². The van der Waals surface area contributed by atoms with Crippen LogP contribution in [-0.4, -0.2) is 24.7 Å². The Hall–Kier alpha value is -3.41. The van der Waals surface area contributed by atoms with E-state index in [4.69, 9.17) is 9.47 Å². The molecule has 0 saturated carbocycles. The summed E-state index contributed by atoms with van der Waals surface area (Å²) in [7, 11) is 5.15. The lowest BCUT2D eigenvalue weighted by molar-refractivity contribution is 0.0973. The molecule has 4 rings (SSSR count). The smallest absolute Gasteiger partial charge is 0.262 e. The van der Waals surface area contributed by atoms with Gasteiger partial charge < -0.3 is 19.4 Å². The number of aryl methyl sites for hydroxylation is 1. The summed E-state index contributed by atoms with van der Waals surface area (Å²) in [5, 5.41) is 3.50. The van der Waals surface area contributed by atoms with Crippen LogP contribution in [0.3, 0.4) is 0 Å². The van der Waals surface area contributed by atoms with Gasteiger partial charge in [-0.2, -0.15) is 0 Å². The van der Waals surface area contributed by atoms with E-state index in [1.807, 2.05) is 66.3 Å². The van der Waals surface area contributed by atoms with Crippen molar-refractivity contribution in [3.05, 3.63) is 72.1 Å². The maximum atomic E-state index is 13.4. The number of anilines is 2. The Balaban J connectivity index is 1.90. The molecule has 2 aromatic carbocycles. The second-order valence-corrected chi connectivity index (χ2v) is 6.35. The molecule has 0 fully saturated rings. The molecule has 0 saturated heterocycles. The lowest BCUT2D eigenvalue weighted by atomic mass is 10.0. The van der Waals surface area contributed by atoms with Crippen LogP contribution in [0, 0.1) is 0 Å². The zero-order chi connectivity index (χ0) is 19.0. The number of ether oxygens (including phenoxy) is 2. The normalized spacial score (nSPS) is 15.9. The molecule has 1 aliphatic rings. The minimum atomic E-state index is -0.366. The van der Waals surface area contributed by atoms with Crippen molar-refractivity contribution in [2.75, 3.05) is 24.4 Å². The highest BCUT2D eigenvalue weighted by atomic mass is 16.5. The number of rotatable bonds is 4. The third-order valence-corrected chi connectivity index (χ3v) is 4.84. The summed E-state index contributed by atoms with van der Waals surface area (Å²) in [5.41, 5.74) is 3.09. The van der Waals surface area contributed by atoms with Crippen molar-refractivity contribution < 1.29 is 14.3 Å². The van der Waals surface area contributed by atoms with E-state index in [0.717, 1.165) is 11.4 Å². The van der Waals surface area contributed by atoms with E-state index in [2.05, 4.69) is 5.32 Å². The third kappa shape index (κ3) is 2.79. The van der Waals surface area contributed by atoms with Crippen molar-refractivity contribution in [1.82, 2.24) is 4.57 Å². The minimum Gasteiger partial charge on any atom is -0.497 e. The number of para-hydroxylation sites is 1. The standard InChI is InChI=1S/C21H21N3O3/c1-23-12-6-9-18(23)20-22-16-8-5-4-7-15(16)21(25)24(20)17-11-10-14(26-2)13-19(17)27-3/h4-13,20,22H,1-3H3/t20-/m0/s1. The van der Waals surface area contributed by atoms with Gasteiger partial charge >= 0.3 is 0 Å². The molecular weight excluding hydrogens is 342 g/mol. The molecule has 3 aromatic rings. The van der Waals surface area contributed by atoms with Crippen molar-refractivity contribution in [2.45, 2.75) is 6.17 Å². The maximum absolute atomic E-state index is 13.4. The molecular formula is C21H21N3O3. The van der Waals surface area contributed by atoms with E-state index in [9.17, 15) is 4.79 Å². The van der Waals surface area contributed by atoms with Gasteiger partial charge in [-0.05, 0) is 36.4 Å². The second-order valence-electron chi connectivity index (χ2n) is 6.35. The van der Waals surface area contributed by atoms with Crippen molar-refractivity contribution in [2.24, 2.45) is 7.05 Å². The van der Waals surface area contributed by atoms with Crippen LogP contribution in [0.25, 0.3) is 0 Å². The van der Waals surface area contributed by atoms with Crippen molar-refractivity contribution >= 4 is 17.3 Å². The Bertz CT molecular complexity index is 996. The first-order valence-corrected chi connectivity index (χ1v) is 8.66. The van der Waals surface area contributed by atoms with Crippen molar-refractivity contribution in [3.63, 3.8) is 0 Å². The molecule has 0 spiro atoms. The molecule has 0 radical (unpaired) electrons. The fourth-order valence-corrected chi connectivity index (χ4v) is 3.45. The predicted octanol–water partition coefficient (Wildman–Crippen LogP) is 3.81. The third-order valence-electron chi connectivity index (χ3n) is 4.84. The van der Waals surface area contributed by atoms with Crippen LogP contribution in [0.15, 0.2) is 60.8 Å². The number of benzene rings is 2.